The van der Waals surface area contributed by atoms with Gasteiger partial charge in [-0.2, -0.15) is 0 Å². The summed E-state index contributed by atoms with van der Waals surface area (Å²) < 4.78 is 23.7. The summed E-state index contributed by atoms with van der Waals surface area (Å²) >= 11 is 0. The third-order valence-corrected chi connectivity index (χ3v) is 5.20. The molecule has 1 aromatic rings. The van der Waals surface area contributed by atoms with Gasteiger partial charge in [-0.1, -0.05) is 19.8 Å². The van der Waals surface area contributed by atoms with Crippen molar-refractivity contribution in [2.45, 2.75) is 37.5 Å². The SMILES string of the molecule is CCCS(=O)(=O)c1ccc(NCCC2CC2)cc1. The van der Waals surface area contributed by atoms with Gasteiger partial charge in [0, 0.05) is 12.2 Å². The monoisotopic (exact) mass is 267 g/mol. The lowest BCUT2D eigenvalue weighted by Gasteiger charge is -2.07. The molecule has 0 heterocycles. The Morgan fingerprint density at radius 3 is 2.44 bits per heavy atom. The molecule has 1 saturated carbocycles. The molecule has 0 aromatic heterocycles. The fourth-order valence-corrected chi connectivity index (χ4v) is 3.32. The summed E-state index contributed by atoms with van der Waals surface area (Å²) in [6.45, 7) is 2.86. The van der Waals surface area contributed by atoms with Crippen molar-refractivity contribution in [2.24, 2.45) is 5.92 Å². The lowest BCUT2D eigenvalue weighted by Crippen LogP contribution is -2.06. The number of benzene rings is 1. The molecular formula is C14H21NO2S. The third kappa shape index (κ3) is 3.73. The number of hydrogen-bond acceptors (Lipinski definition) is 3. The molecule has 1 aromatic carbocycles. The van der Waals surface area contributed by atoms with Crippen LogP contribution < -0.4 is 5.32 Å². The van der Waals surface area contributed by atoms with Crippen molar-refractivity contribution in [1.82, 2.24) is 0 Å². The highest BCUT2D eigenvalue weighted by Gasteiger charge is 2.20. The molecule has 0 aliphatic heterocycles. The first-order valence-electron chi connectivity index (χ1n) is 6.68. The molecule has 0 amide bonds. The van der Waals surface area contributed by atoms with E-state index in [-0.39, 0.29) is 5.75 Å². The van der Waals surface area contributed by atoms with Crippen molar-refractivity contribution in [3.63, 3.8) is 0 Å². The second kappa shape index (κ2) is 5.74. The Morgan fingerprint density at radius 2 is 1.89 bits per heavy atom. The molecule has 0 saturated heterocycles. The van der Waals surface area contributed by atoms with Crippen LogP contribution in [-0.2, 0) is 9.84 Å². The predicted octanol–water partition coefficient (Wildman–Crippen LogP) is 3.08. The first kappa shape index (κ1) is 13.4. The first-order chi connectivity index (χ1) is 8.62. The van der Waals surface area contributed by atoms with Gasteiger partial charge in [-0.25, -0.2) is 8.42 Å². The van der Waals surface area contributed by atoms with Crippen LogP contribution in [0.15, 0.2) is 29.2 Å². The van der Waals surface area contributed by atoms with E-state index in [1.807, 2.05) is 19.1 Å². The van der Waals surface area contributed by atoms with E-state index in [0.717, 1.165) is 18.2 Å². The zero-order valence-corrected chi connectivity index (χ0v) is 11.7. The lowest BCUT2D eigenvalue weighted by atomic mass is 10.2. The highest BCUT2D eigenvalue weighted by Crippen LogP contribution is 2.32. The Morgan fingerprint density at radius 1 is 1.22 bits per heavy atom. The van der Waals surface area contributed by atoms with E-state index in [2.05, 4.69) is 5.32 Å². The second-order valence-corrected chi connectivity index (χ2v) is 7.11. The summed E-state index contributed by atoms with van der Waals surface area (Å²) in [6, 6.07) is 7.11. The van der Waals surface area contributed by atoms with Crippen LogP contribution in [0.4, 0.5) is 5.69 Å². The van der Waals surface area contributed by atoms with E-state index in [1.165, 1.54) is 19.3 Å². The smallest absolute Gasteiger partial charge is 0.178 e. The Bertz CT molecular complexity index is 475. The van der Waals surface area contributed by atoms with Crippen LogP contribution in [0.5, 0.6) is 0 Å². The van der Waals surface area contributed by atoms with Crippen molar-refractivity contribution in [3.05, 3.63) is 24.3 Å². The number of anilines is 1. The van der Waals surface area contributed by atoms with Gasteiger partial charge in [0.1, 0.15) is 0 Å². The van der Waals surface area contributed by atoms with Gasteiger partial charge in [-0.15, -0.1) is 0 Å². The molecule has 3 nitrogen and oxygen atoms in total. The molecule has 1 N–H and O–H groups in total. The van der Waals surface area contributed by atoms with E-state index in [4.69, 9.17) is 0 Å². The maximum Gasteiger partial charge on any atom is 0.178 e. The standard InChI is InChI=1S/C14H21NO2S/c1-2-11-18(16,17)14-7-5-13(6-8-14)15-10-9-12-3-4-12/h5-8,12,15H,2-4,9-11H2,1H3. The zero-order valence-electron chi connectivity index (χ0n) is 10.9. The molecule has 0 spiro atoms. The topological polar surface area (TPSA) is 46.2 Å². The molecule has 18 heavy (non-hydrogen) atoms. The van der Waals surface area contributed by atoms with Gasteiger partial charge in [0.15, 0.2) is 9.84 Å². The number of rotatable bonds is 7. The molecule has 0 unspecified atom stereocenters. The molecule has 0 atom stereocenters. The maximum absolute atomic E-state index is 11.8. The normalized spacial score (nSPS) is 15.6. The first-order valence-corrected chi connectivity index (χ1v) is 8.34. The minimum atomic E-state index is -3.08. The van der Waals surface area contributed by atoms with Gasteiger partial charge < -0.3 is 5.32 Å². The summed E-state index contributed by atoms with van der Waals surface area (Å²) in [5, 5.41) is 3.33. The lowest BCUT2D eigenvalue weighted by molar-refractivity contribution is 0.595. The van der Waals surface area contributed by atoms with Crippen LogP contribution >= 0.6 is 0 Å². The molecular weight excluding hydrogens is 246 g/mol. The zero-order chi connectivity index (χ0) is 13.0. The van der Waals surface area contributed by atoms with E-state index in [9.17, 15) is 8.42 Å². The average Bonchev–Trinajstić information content (AvgIpc) is 3.14. The summed E-state index contributed by atoms with van der Waals surface area (Å²) in [5.41, 5.74) is 1.01. The van der Waals surface area contributed by atoms with Crippen LogP contribution in [0.2, 0.25) is 0 Å². The number of hydrogen-bond donors (Lipinski definition) is 1. The van der Waals surface area contributed by atoms with Gasteiger partial charge in [0.25, 0.3) is 0 Å². The average molecular weight is 267 g/mol. The van der Waals surface area contributed by atoms with Crippen LogP contribution in [0.1, 0.15) is 32.6 Å². The summed E-state index contributed by atoms with van der Waals surface area (Å²) in [7, 11) is -3.08. The number of nitrogens with one attached hydrogen (secondary N) is 1. The fourth-order valence-electron chi connectivity index (χ4n) is 1.99. The Balaban J connectivity index is 1.91. The van der Waals surface area contributed by atoms with E-state index in [1.54, 1.807) is 12.1 Å². The quantitative estimate of drug-likeness (QED) is 0.825. The van der Waals surface area contributed by atoms with Crippen molar-refractivity contribution in [2.75, 3.05) is 17.6 Å². The van der Waals surface area contributed by atoms with Crippen molar-refractivity contribution in [1.29, 1.82) is 0 Å². The molecule has 0 radical (unpaired) electrons. The number of sulfone groups is 1. The van der Waals surface area contributed by atoms with Crippen molar-refractivity contribution < 1.29 is 8.42 Å². The van der Waals surface area contributed by atoms with E-state index >= 15 is 0 Å². The summed E-state index contributed by atoms with van der Waals surface area (Å²) in [6.07, 6.45) is 4.62. The fraction of sp³-hybridized carbons (Fsp3) is 0.571. The van der Waals surface area contributed by atoms with Gasteiger partial charge in [-0.3, -0.25) is 0 Å². The molecule has 100 valence electrons. The Hall–Kier alpha value is -1.03. The molecule has 4 heteroatoms. The second-order valence-electron chi connectivity index (χ2n) is 5.00. The van der Waals surface area contributed by atoms with E-state index in [0.29, 0.717) is 11.3 Å². The van der Waals surface area contributed by atoms with Crippen LogP contribution in [0.25, 0.3) is 0 Å². The third-order valence-electron chi connectivity index (χ3n) is 3.26. The van der Waals surface area contributed by atoms with Gasteiger partial charge in [0.05, 0.1) is 10.6 Å². The Labute approximate surface area is 110 Å². The molecule has 2 rings (SSSR count). The highest BCUT2D eigenvalue weighted by atomic mass is 32.2. The van der Waals surface area contributed by atoms with E-state index < -0.39 is 9.84 Å². The molecule has 0 bridgehead atoms. The van der Waals surface area contributed by atoms with Crippen LogP contribution in [0, 0.1) is 5.92 Å². The summed E-state index contributed by atoms with van der Waals surface area (Å²) in [4.78, 5) is 0.428. The van der Waals surface area contributed by atoms with Crippen LogP contribution in [-0.4, -0.2) is 20.7 Å². The minimum absolute atomic E-state index is 0.224. The summed E-state index contributed by atoms with van der Waals surface area (Å²) in [5.74, 6) is 1.14. The maximum atomic E-state index is 11.8. The largest absolute Gasteiger partial charge is 0.385 e. The predicted molar refractivity (Wildman–Crippen MR) is 74.6 cm³/mol. The van der Waals surface area contributed by atoms with Gasteiger partial charge in [0.2, 0.25) is 0 Å². The van der Waals surface area contributed by atoms with Crippen LogP contribution in [0.3, 0.4) is 0 Å². The molecule has 1 aliphatic rings. The Kier molecular flexibility index (Phi) is 4.27. The van der Waals surface area contributed by atoms with Gasteiger partial charge in [-0.05, 0) is 43.0 Å². The molecule has 1 fully saturated rings. The van der Waals surface area contributed by atoms with Crippen molar-refractivity contribution >= 4 is 15.5 Å². The minimum Gasteiger partial charge on any atom is -0.385 e. The van der Waals surface area contributed by atoms with Gasteiger partial charge >= 0.3 is 0 Å². The highest BCUT2D eigenvalue weighted by molar-refractivity contribution is 7.91. The van der Waals surface area contributed by atoms with Crippen molar-refractivity contribution in [3.8, 4) is 0 Å². The molecule has 1 aliphatic carbocycles.